The minimum atomic E-state index is -3.91. The minimum absolute atomic E-state index is 0.0718. The van der Waals surface area contributed by atoms with Crippen molar-refractivity contribution in [2.45, 2.75) is 11.8 Å². The fourth-order valence-corrected chi connectivity index (χ4v) is 3.65. The molecule has 7 nitrogen and oxygen atoms in total. The minimum Gasteiger partial charge on any atom is -0.258 e. The lowest BCUT2D eigenvalue weighted by Gasteiger charge is -2.06. The molecule has 0 amide bonds. The zero-order valence-electron chi connectivity index (χ0n) is 11.8. The van der Waals surface area contributed by atoms with Gasteiger partial charge in [-0.2, -0.15) is 17.6 Å². The summed E-state index contributed by atoms with van der Waals surface area (Å²) in [6.45, 7) is 1.85. The van der Waals surface area contributed by atoms with Crippen molar-refractivity contribution in [3.05, 3.63) is 63.3 Å². The fraction of sp³-hybridized carbons (Fsp3) is 0.0714. The van der Waals surface area contributed by atoms with E-state index in [0.29, 0.717) is 5.39 Å². The summed E-state index contributed by atoms with van der Waals surface area (Å²) in [6, 6.07) is 8.74. The first kappa shape index (κ1) is 15.4. The van der Waals surface area contributed by atoms with Gasteiger partial charge in [0, 0.05) is 11.5 Å². The molecular formula is C14H10ClN3O4S. The van der Waals surface area contributed by atoms with Crippen molar-refractivity contribution in [1.82, 2.24) is 9.19 Å². The van der Waals surface area contributed by atoms with Gasteiger partial charge in [0.25, 0.3) is 15.7 Å². The number of fused-ring (bicyclic) bond motifs is 1. The van der Waals surface area contributed by atoms with E-state index in [9.17, 15) is 18.5 Å². The number of hydrogen-bond acceptors (Lipinski definition) is 5. The van der Waals surface area contributed by atoms with E-state index in [1.807, 2.05) is 6.92 Å². The maximum absolute atomic E-state index is 12.7. The second kappa shape index (κ2) is 5.32. The third kappa shape index (κ3) is 2.55. The molecule has 2 aromatic carbocycles. The predicted molar refractivity (Wildman–Crippen MR) is 85.2 cm³/mol. The van der Waals surface area contributed by atoms with Crippen LogP contribution in [-0.4, -0.2) is 22.5 Å². The van der Waals surface area contributed by atoms with Gasteiger partial charge in [-0.25, -0.2) is 0 Å². The van der Waals surface area contributed by atoms with E-state index in [2.05, 4.69) is 5.10 Å². The molecule has 0 bridgehead atoms. The van der Waals surface area contributed by atoms with Gasteiger partial charge in [-0.05, 0) is 25.1 Å². The Morgan fingerprint density at radius 1 is 1.22 bits per heavy atom. The lowest BCUT2D eigenvalue weighted by Crippen LogP contribution is -2.14. The molecule has 0 aliphatic carbocycles. The highest BCUT2D eigenvalue weighted by atomic mass is 35.5. The van der Waals surface area contributed by atoms with Crippen molar-refractivity contribution in [1.29, 1.82) is 0 Å². The van der Waals surface area contributed by atoms with E-state index >= 15 is 0 Å². The van der Waals surface area contributed by atoms with Crippen LogP contribution >= 0.6 is 11.6 Å². The number of nitrogens with zero attached hydrogens (tertiary/aromatic N) is 3. The second-order valence-electron chi connectivity index (χ2n) is 4.93. The van der Waals surface area contributed by atoms with Crippen molar-refractivity contribution in [3.63, 3.8) is 0 Å². The molecule has 3 rings (SSSR count). The molecule has 0 spiro atoms. The van der Waals surface area contributed by atoms with Crippen LogP contribution in [0.4, 0.5) is 5.69 Å². The van der Waals surface area contributed by atoms with Crippen LogP contribution in [0.3, 0.4) is 0 Å². The number of halogens is 1. The molecule has 0 atom stereocenters. The quantitative estimate of drug-likeness (QED) is 0.533. The van der Waals surface area contributed by atoms with Crippen LogP contribution < -0.4 is 0 Å². The zero-order valence-corrected chi connectivity index (χ0v) is 13.4. The summed E-state index contributed by atoms with van der Waals surface area (Å²) in [6.07, 6.45) is 1.25. The van der Waals surface area contributed by atoms with Gasteiger partial charge in [0.15, 0.2) is 0 Å². The lowest BCUT2D eigenvalue weighted by molar-refractivity contribution is -0.384. The highest BCUT2D eigenvalue weighted by Gasteiger charge is 2.23. The molecule has 0 N–H and O–H groups in total. The Kier molecular flexibility index (Phi) is 3.57. The van der Waals surface area contributed by atoms with E-state index in [1.54, 1.807) is 12.1 Å². The number of aromatic nitrogens is 2. The molecule has 0 fully saturated rings. The topological polar surface area (TPSA) is 95.1 Å². The Hall–Kier alpha value is -2.45. The third-order valence-corrected chi connectivity index (χ3v) is 5.26. The number of rotatable bonds is 3. The summed E-state index contributed by atoms with van der Waals surface area (Å²) in [5, 5.41) is 14.9. The Morgan fingerprint density at radius 3 is 2.48 bits per heavy atom. The lowest BCUT2D eigenvalue weighted by atomic mass is 10.2. The summed E-state index contributed by atoms with van der Waals surface area (Å²) >= 11 is 5.87. The van der Waals surface area contributed by atoms with Gasteiger partial charge in [-0.1, -0.05) is 29.3 Å². The van der Waals surface area contributed by atoms with Crippen LogP contribution in [0.5, 0.6) is 0 Å². The number of nitro benzene ring substituents is 1. The SMILES string of the molecule is Cc1ccc(S(=O)(=O)n2ncc3cc([N+](=O)[O-])c(Cl)cc32)cc1. The van der Waals surface area contributed by atoms with Gasteiger partial charge >= 0.3 is 0 Å². The van der Waals surface area contributed by atoms with Crippen LogP contribution in [0.2, 0.25) is 5.02 Å². The van der Waals surface area contributed by atoms with Gasteiger partial charge in [0.2, 0.25) is 0 Å². The molecule has 118 valence electrons. The monoisotopic (exact) mass is 351 g/mol. The summed E-state index contributed by atoms with van der Waals surface area (Å²) in [4.78, 5) is 10.3. The van der Waals surface area contributed by atoms with Gasteiger partial charge < -0.3 is 0 Å². The van der Waals surface area contributed by atoms with E-state index in [-0.39, 0.29) is 21.1 Å². The highest BCUT2D eigenvalue weighted by Crippen LogP contribution is 2.31. The van der Waals surface area contributed by atoms with Crippen LogP contribution in [0.1, 0.15) is 5.56 Å². The average molecular weight is 352 g/mol. The molecule has 1 heterocycles. The van der Waals surface area contributed by atoms with Crippen LogP contribution in [0, 0.1) is 17.0 Å². The van der Waals surface area contributed by atoms with Crippen molar-refractivity contribution < 1.29 is 13.3 Å². The van der Waals surface area contributed by atoms with Gasteiger partial charge in [0.05, 0.1) is 21.5 Å². The molecule has 1 aromatic heterocycles. The number of hydrogen-bond donors (Lipinski definition) is 0. The van der Waals surface area contributed by atoms with Crippen LogP contribution in [0.25, 0.3) is 10.9 Å². The van der Waals surface area contributed by atoms with Crippen LogP contribution in [0.15, 0.2) is 47.5 Å². The van der Waals surface area contributed by atoms with Crippen molar-refractivity contribution >= 4 is 38.2 Å². The standard InChI is InChI=1S/C14H10ClN3O4S/c1-9-2-4-11(5-3-9)23(21,22)17-13-7-12(15)14(18(19)20)6-10(13)8-16-17/h2-8H,1H3. The normalized spacial score (nSPS) is 11.7. The first-order valence-electron chi connectivity index (χ1n) is 6.44. The highest BCUT2D eigenvalue weighted by molar-refractivity contribution is 7.90. The summed E-state index contributed by atoms with van der Waals surface area (Å²) in [7, 11) is -3.91. The van der Waals surface area contributed by atoms with Crippen molar-refractivity contribution in [2.75, 3.05) is 0 Å². The molecule has 23 heavy (non-hydrogen) atoms. The van der Waals surface area contributed by atoms with Gasteiger partial charge in [0.1, 0.15) is 5.02 Å². The molecule has 0 aliphatic rings. The number of benzene rings is 2. The summed E-state index contributed by atoms with van der Waals surface area (Å²) in [5.74, 6) is 0. The molecular weight excluding hydrogens is 342 g/mol. The van der Waals surface area contributed by atoms with Crippen LogP contribution in [-0.2, 0) is 10.0 Å². The average Bonchev–Trinajstić information content (AvgIpc) is 2.90. The van der Waals surface area contributed by atoms with E-state index in [0.717, 1.165) is 9.65 Å². The van der Waals surface area contributed by atoms with Gasteiger partial charge in [-0.15, -0.1) is 0 Å². The summed E-state index contributed by atoms with van der Waals surface area (Å²) < 4.78 is 26.2. The molecule has 0 saturated heterocycles. The third-order valence-electron chi connectivity index (χ3n) is 3.35. The summed E-state index contributed by atoms with van der Waals surface area (Å²) in [5.41, 5.74) is 0.806. The molecule has 0 aliphatic heterocycles. The maximum atomic E-state index is 12.7. The van der Waals surface area contributed by atoms with E-state index in [4.69, 9.17) is 11.6 Å². The second-order valence-corrected chi connectivity index (χ2v) is 7.10. The van der Waals surface area contributed by atoms with Crippen molar-refractivity contribution in [3.8, 4) is 0 Å². The Bertz CT molecular complexity index is 1030. The smallest absolute Gasteiger partial charge is 0.258 e. The Balaban J connectivity index is 2.22. The molecule has 9 heteroatoms. The fourth-order valence-electron chi connectivity index (χ4n) is 2.15. The molecule has 3 aromatic rings. The zero-order chi connectivity index (χ0) is 16.8. The number of nitro groups is 1. The molecule has 0 radical (unpaired) electrons. The molecule has 0 saturated carbocycles. The van der Waals surface area contributed by atoms with Crippen molar-refractivity contribution in [2.24, 2.45) is 0 Å². The predicted octanol–water partition coefficient (Wildman–Crippen LogP) is 3.14. The van der Waals surface area contributed by atoms with E-state index in [1.165, 1.54) is 30.5 Å². The first-order chi connectivity index (χ1) is 10.8. The Labute approximate surface area is 136 Å². The maximum Gasteiger partial charge on any atom is 0.288 e. The molecule has 0 unspecified atom stereocenters. The largest absolute Gasteiger partial charge is 0.288 e. The number of aryl methyl sites for hydroxylation is 1. The Morgan fingerprint density at radius 2 is 1.87 bits per heavy atom. The van der Waals surface area contributed by atoms with E-state index < -0.39 is 14.9 Å². The van der Waals surface area contributed by atoms with Gasteiger partial charge in [-0.3, -0.25) is 10.1 Å². The first-order valence-corrected chi connectivity index (χ1v) is 8.26.